The van der Waals surface area contributed by atoms with Crippen LogP contribution in [0.15, 0.2) is 49.1 Å². The fourth-order valence-corrected chi connectivity index (χ4v) is 3.70. The molecule has 3 aromatic heterocycles. The lowest BCUT2D eigenvalue weighted by molar-refractivity contribution is 0.0732. The zero-order valence-corrected chi connectivity index (χ0v) is 17.3. The number of carbonyl (C=O) groups excluding carboxylic acids is 1. The van der Waals surface area contributed by atoms with Crippen LogP contribution < -0.4 is 9.64 Å². The number of ether oxygens (including phenoxy) is 1. The summed E-state index contributed by atoms with van der Waals surface area (Å²) < 4.78 is 5.10. The van der Waals surface area contributed by atoms with E-state index in [0.29, 0.717) is 23.9 Å². The van der Waals surface area contributed by atoms with Gasteiger partial charge in [-0.1, -0.05) is 0 Å². The highest BCUT2D eigenvalue weighted by Crippen LogP contribution is 2.37. The molecule has 0 N–H and O–H groups in total. The minimum atomic E-state index is -0.135. The van der Waals surface area contributed by atoms with Crippen LogP contribution in [-0.4, -0.2) is 58.5 Å². The predicted molar refractivity (Wildman–Crippen MR) is 113 cm³/mol. The van der Waals surface area contributed by atoms with Gasteiger partial charge in [-0.3, -0.25) is 9.78 Å². The van der Waals surface area contributed by atoms with Gasteiger partial charge in [0.15, 0.2) is 0 Å². The van der Waals surface area contributed by atoms with Gasteiger partial charge in [0.25, 0.3) is 5.91 Å². The molecule has 0 spiro atoms. The molecule has 1 fully saturated rings. The number of rotatable bonds is 5. The lowest BCUT2D eigenvalue weighted by Gasteiger charge is -2.27. The second kappa shape index (κ2) is 8.44. The largest absolute Gasteiger partial charge is 0.481 e. The lowest BCUT2D eigenvalue weighted by atomic mass is 10.0. The molecule has 1 amide bonds. The van der Waals surface area contributed by atoms with Crippen LogP contribution in [0.25, 0.3) is 11.1 Å². The Kier molecular flexibility index (Phi) is 5.56. The number of anilines is 1. The number of hydrogen-bond acceptors (Lipinski definition) is 7. The molecule has 0 unspecified atom stereocenters. The normalized spacial score (nSPS) is 15.8. The Balaban J connectivity index is 1.73. The van der Waals surface area contributed by atoms with Gasteiger partial charge in [0, 0.05) is 57.1 Å². The fourth-order valence-electron chi connectivity index (χ4n) is 3.70. The van der Waals surface area contributed by atoms with E-state index in [9.17, 15) is 4.79 Å². The maximum absolute atomic E-state index is 13.3. The summed E-state index contributed by atoms with van der Waals surface area (Å²) in [7, 11) is 5.37. The van der Waals surface area contributed by atoms with Crippen LogP contribution in [0.1, 0.15) is 34.9 Å². The molecule has 8 nitrogen and oxygen atoms in total. The number of carbonyl (C=O) groups is 1. The van der Waals surface area contributed by atoms with Gasteiger partial charge in [-0.05, 0) is 36.6 Å². The zero-order chi connectivity index (χ0) is 21.1. The number of likely N-dealkylation sites (tertiary alicyclic amines) is 1. The van der Waals surface area contributed by atoms with E-state index in [1.807, 2.05) is 42.2 Å². The van der Waals surface area contributed by atoms with Gasteiger partial charge in [0.1, 0.15) is 0 Å². The number of methoxy groups -OCH3 is 1. The predicted octanol–water partition coefficient (Wildman–Crippen LogP) is 2.99. The first kappa shape index (κ1) is 19.8. The number of aromatic nitrogens is 4. The molecule has 0 aromatic carbocycles. The Bertz CT molecular complexity index is 1020. The standard InChI is InChI=1S/C22H24N6O2/c1-27(2)22-25-14-17(15-8-10-23-11-9-15)20(26-22)18-5-4-12-28(18)21(29)16-6-7-19(30-3)24-13-16/h6-11,13-14,18H,4-5,12H2,1-3H3/t18-/m0/s1. The molecule has 0 bridgehead atoms. The molecule has 0 saturated carbocycles. The van der Waals surface area contributed by atoms with E-state index in [4.69, 9.17) is 9.72 Å². The molecule has 154 valence electrons. The summed E-state index contributed by atoms with van der Waals surface area (Å²) in [5, 5.41) is 0. The highest BCUT2D eigenvalue weighted by Gasteiger charge is 2.34. The minimum absolute atomic E-state index is 0.0571. The Morgan fingerprint density at radius 1 is 1.13 bits per heavy atom. The molecule has 1 aliphatic rings. The first-order valence-corrected chi connectivity index (χ1v) is 9.84. The average Bonchev–Trinajstić information content (AvgIpc) is 3.28. The van der Waals surface area contributed by atoms with E-state index >= 15 is 0 Å². The monoisotopic (exact) mass is 404 g/mol. The van der Waals surface area contributed by atoms with Crippen molar-refractivity contribution in [3.05, 3.63) is 60.3 Å². The second-order valence-electron chi connectivity index (χ2n) is 7.35. The Morgan fingerprint density at radius 3 is 2.60 bits per heavy atom. The summed E-state index contributed by atoms with van der Waals surface area (Å²) >= 11 is 0. The van der Waals surface area contributed by atoms with Crippen LogP contribution in [-0.2, 0) is 0 Å². The molecule has 8 heteroatoms. The van der Waals surface area contributed by atoms with Crippen molar-refractivity contribution in [3.8, 4) is 17.0 Å². The van der Waals surface area contributed by atoms with E-state index in [2.05, 4.69) is 15.0 Å². The summed E-state index contributed by atoms with van der Waals surface area (Å²) in [5.41, 5.74) is 3.29. The lowest BCUT2D eigenvalue weighted by Crippen LogP contribution is -2.31. The first-order valence-electron chi connectivity index (χ1n) is 9.84. The van der Waals surface area contributed by atoms with Gasteiger partial charge in [0.05, 0.1) is 24.4 Å². The van der Waals surface area contributed by atoms with E-state index < -0.39 is 0 Å². The van der Waals surface area contributed by atoms with Crippen molar-refractivity contribution in [2.45, 2.75) is 18.9 Å². The summed E-state index contributed by atoms with van der Waals surface area (Å²) in [6, 6.07) is 7.19. The number of hydrogen-bond donors (Lipinski definition) is 0. The van der Waals surface area contributed by atoms with E-state index in [1.54, 1.807) is 37.8 Å². The SMILES string of the molecule is COc1ccc(C(=O)N2CCC[C@H]2c2nc(N(C)C)ncc2-c2ccncc2)cn1. The highest BCUT2D eigenvalue weighted by atomic mass is 16.5. The van der Waals surface area contributed by atoms with Crippen molar-refractivity contribution in [1.29, 1.82) is 0 Å². The molecule has 30 heavy (non-hydrogen) atoms. The van der Waals surface area contributed by atoms with Crippen molar-refractivity contribution in [3.63, 3.8) is 0 Å². The second-order valence-corrected chi connectivity index (χ2v) is 7.35. The fraction of sp³-hybridized carbons (Fsp3) is 0.318. The van der Waals surface area contributed by atoms with Crippen LogP contribution in [0.4, 0.5) is 5.95 Å². The average molecular weight is 404 g/mol. The third kappa shape index (κ3) is 3.80. The number of pyridine rings is 2. The quantitative estimate of drug-likeness (QED) is 0.646. The molecule has 4 heterocycles. The number of nitrogens with zero attached hydrogens (tertiary/aromatic N) is 6. The van der Waals surface area contributed by atoms with Gasteiger partial charge in [-0.25, -0.2) is 15.0 Å². The van der Waals surface area contributed by atoms with Gasteiger partial charge in [-0.2, -0.15) is 0 Å². The molecule has 3 aromatic rings. The Hall–Kier alpha value is -3.55. The minimum Gasteiger partial charge on any atom is -0.481 e. The molecule has 1 saturated heterocycles. The highest BCUT2D eigenvalue weighted by molar-refractivity contribution is 5.94. The van der Waals surface area contributed by atoms with E-state index in [0.717, 1.165) is 29.7 Å². The van der Waals surface area contributed by atoms with Crippen LogP contribution >= 0.6 is 0 Å². The van der Waals surface area contributed by atoms with Crippen LogP contribution in [0, 0.1) is 0 Å². The maximum atomic E-state index is 13.3. The first-order chi connectivity index (χ1) is 14.6. The van der Waals surface area contributed by atoms with Crippen molar-refractivity contribution in [2.75, 3.05) is 32.6 Å². The van der Waals surface area contributed by atoms with Gasteiger partial charge in [-0.15, -0.1) is 0 Å². The van der Waals surface area contributed by atoms with E-state index in [-0.39, 0.29) is 11.9 Å². The van der Waals surface area contributed by atoms with Crippen LogP contribution in [0.5, 0.6) is 5.88 Å². The molecule has 0 radical (unpaired) electrons. The van der Waals surface area contributed by atoms with Gasteiger partial charge >= 0.3 is 0 Å². The molecule has 1 atom stereocenters. The molecule has 1 aliphatic heterocycles. The summed E-state index contributed by atoms with van der Waals surface area (Å²) in [4.78, 5) is 34.7. The zero-order valence-electron chi connectivity index (χ0n) is 17.3. The Morgan fingerprint density at radius 2 is 1.93 bits per heavy atom. The van der Waals surface area contributed by atoms with Crippen LogP contribution in [0.2, 0.25) is 0 Å². The van der Waals surface area contributed by atoms with Crippen molar-refractivity contribution in [1.82, 2.24) is 24.8 Å². The van der Waals surface area contributed by atoms with Gasteiger partial charge < -0.3 is 14.5 Å². The van der Waals surface area contributed by atoms with Crippen molar-refractivity contribution >= 4 is 11.9 Å². The van der Waals surface area contributed by atoms with Gasteiger partial charge in [0.2, 0.25) is 11.8 Å². The summed E-state index contributed by atoms with van der Waals surface area (Å²) in [6.07, 6.45) is 8.65. The summed E-state index contributed by atoms with van der Waals surface area (Å²) in [5.74, 6) is 1.04. The molecule has 0 aliphatic carbocycles. The smallest absolute Gasteiger partial charge is 0.255 e. The summed E-state index contributed by atoms with van der Waals surface area (Å²) in [6.45, 7) is 0.673. The molecule has 4 rings (SSSR count). The van der Waals surface area contributed by atoms with E-state index in [1.165, 1.54) is 0 Å². The van der Waals surface area contributed by atoms with Crippen molar-refractivity contribution in [2.24, 2.45) is 0 Å². The van der Waals surface area contributed by atoms with Crippen LogP contribution in [0.3, 0.4) is 0 Å². The third-order valence-corrected chi connectivity index (χ3v) is 5.22. The molecular weight excluding hydrogens is 380 g/mol. The molecular formula is C22H24N6O2. The maximum Gasteiger partial charge on any atom is 0.255 e. The third-order valence-electron chi connectivity index (χ3n) is 5.22. The number of amides is 1. The van der Waals surface area contributed by atoms with Crippen molar-refractivity contribution < 1.29 is 9.53 Å². The topological polar surface area (TPSA) is 84.3 Å². The Labute approximate surface area is 175 Å².